The Balaban J connectivity index is 2.00. The summed E-state index contributed by atoms with van der Waals surface area (Å²) in [6, 6.07) is 15.1. The molecular weight excluding hydrogens is 368 g/mol. The van der Waals surface area contributed by atoms with Gasteiger partial charge in [0.2, 0.25) is 11.8 Å². The van der Waals surface area contributed by atoms with Crippen LogP contribution in [0.3, 0.4) is 0 Å². The van der Waals surface area contributed by atoms with Crippen LogP contribution in [0.5, 0.6) is 0 Å². The Kier molecular flexibility index (Phi) is 5.78. The molecule has 0 heterocycles. The molecular formula is C19H21BrN2O2. The van der Waals surface area contributed by atoms with Crippen LogP contribution < -0.4 is 10.6 Å². The number of benzene rings is 2. The summed E-state index contributed by atoms with van der Waals surface area (Å²) < 4.78 is 0.909. The predicted molar refractivity (Wildman–Crippen MR) is 99.6 cm³/mol. The molecule has 0 aliphatic heterocycles. The van der Waals surface area contributed by atoms with Crippen LogP contribution in [0, 0.1) is 12.3 Å². The van der Waals surface area contributed by atoms with E-state index in [-0.39, 0.29) is 11.8 Å². The zero-order valence-corrected chi connectivity index (χ0v) is 15.6. The van der Waals surface area contributed by atoms with Gasteiger partial charge >= 0.3 is 0 Å². The Morgan fingerprint density at radius 2 is 1.71 bits per heavy atom. The minimum Gasteiger partial charge on any atom is -0.351 e. The fourth-order valence-corrected chi connectivity index (χ4v) is 2.44. The summed E-state index contributed by atoms with van der Waals surface area (Å²) in [6.45, 7) is 5.60. The minimum atomic E-state index is -1.17. The average Bonchev–Trinajstić information content (AvgIpc) is 2.56. The highest BCUT2D eigenvalue weighted by atomic mass is 79.9. The van der Waals surface area contributed by atoms with Crippen LogP contribution >= 0.6 is 15.9 Å². The van der Waals surface area contributed by atoms with Crippen LogP contribution in [0.1, 0.15) is 25.0 Å². The first-order chi connectivity index (χ1) is 11.3. The van der Waals surface area contributed by atoms with Gasteiger partial charge in [-0.05, 0) is 44.0 Å². The van der Waals surface area contributed by atoms with E-state index in [0.29, 0.717) is 12.2 Å². The molecule has 0 atom stereocenters. The highest BCUT2D eigenvalue weighted by Gasteiger charge is 2.35. The molecule has 2 aromatic rings. The number of carbonyl (C=O) groups excluding carboxylic acids is 2. The van der Waals surface area contributed by atoms with Crippen molar-refractivity contribution < 1.29 is 9.59 Å². The second kappa shape index (κ2) is 7.62. The van der Waals surface area contributed by atoms with Crippen LogP contribution in [0.15, 0.2) is 53.0 Å². The van der Waals surface area contributed by atoms with Gasteiger partial charge in [-0.2, -0.15) is 0 Å². The van der Waals surface area contributed by atoms with E-state index in [1.54, 1.807) is 13.8 Å². The van der Waals surface area contributed by atoms with E-state index >= 15 is 0 Å². The molecule has 2 N–H and O–H groups in total. The normalized spacial score (nSPS) is 11.0. The Hall–Kier alpha value is -2.14. The van der Waals surface area contributed by atoms with Crippen LogP contribution in [-0.4, -0.2) is 11.8 Å². The van der Waals surface area contributed by atoms with E-state index in [4.69, 9.17) is 0 Å². The van der Waals surface area contributed by atoms with Crippen molar-refractivity contribution in [2.24, 2.45) is 5.41 Å². The molecule has 0 radical (unpaired) electrons. The number of carbonyl (C=O) groups is 2. The van der Waals surface area contributed by atoms with E-state index in [1.165, 1.54) is 0 Å². The van der Waals surface area contributed by atoms with E-state index in [2.05, 4.69) is 26.6 Å². The lowest BCUT2D eigenvalue weighted by molar-refractivity contribution is -0.138. The van der Waals surface area contributed by atoms with Crippen LogP contribution in [0.25, 0.3) is 0 Å². The zero-order valence-electron chi connectivity index (χ0n) is 14.0. The van der Waals surface area contributed by atoms with Crippen molar-refractivity contribution >= 4 is 33.4 Å². The van der Waals surface area contributed by atoms with Gasteiger partial charge in [0.1, 0.15) is 5.41 Å². The van der Waals surface area contributed by atoms with Gasteiger partial charge in [0.05, 0.1) is 0 Å². The maximum Gasteiger partial charge on any atom is 0.239 e. The first kappa shape index (κ1) is 18.2. The van der Waals surface area contributed by atoms with Gasteiger partial charge in [-0.1, -0.05) is 52.3 Å². The standard InChI is InChI=1S/C19H21BrN2O2/c1-13-9-10-15(11-16(13)20)22-18(24)19(2,3)17(23)21-12-14-7-5-4-6-8-14/h4-11H,12H2,1-3H3,(H,21,23)(H,22,24). The molecule has 2 rings (SSSR count). The molecule has 0 saturated carbocycles. The molecule has 0 aliphatic rings. The molecule has 0 spiro atoms. The summed E-state index contributed by atoms with van der Waals surface area (Å²) in [6.07, 6.45) is 0. The summed E-state index contributed by atoms with van der Waals surface area (Å²) in [5, 5.41) is 5.62. The largest absolute Gasteiger partial charge is 0.351 e. The van der Waals surface area contributed by atoms with Gasteiger partial charge < -0.3 is 10.6 Å². The monoisotopic (exact) mass is 388 g/mol. The van der Waals surface area contributed by atoms with Gasteiger partial charge in [-0.15, -0.1) is 0 Å². The van der Waals surface area contributed by atoms with Crippen molar-refractivity contribution in [2.75, 3.05) is 5.32 Å². The van der Waals surface area contributed by atoms with E-state index < -0.39 is 5.41 Å². The molecule has 2 aromatic carbocycles. The molecule has 0 saturated heterocycles. The van der Waals surface area contributed by atoms with Crippen molar-refractivity contribution in [1.29, 1.82) is 0 Å². The average molecular weight is 389 g/mol. The summed E-state index contributed by atoms with van der Waals surface area (Å²) in [4.78, 5) is 24.9. The van der Waals surface area contributed by atoms with E-state index in [0.717, 1.165) is 15.6 Å². The fourth-order valence-electron chi connectivity index (χ4n) is 2.06. The minimum absolute atomic E-state index is 0.310. The van der Waals surface area contributed by atoms with Gasteiger partial charge in [0.15, 0.2) is 0 Å². The highest BCUT2D eigenvalue weighted by molar-refractivity contribution is 9.10. The molecule has 2 amide bonds. The number of hydrogen-bond acceptors (Lipinski definition) is 2. The van der Waals surface area contributed by atoms with E-state index in [1.807, 2.05) is 55.5 Å². The highest BCUT2D eigenvalue weighted by Crippen LogP contribution is 2.23. The van der Waals surface area contributed by atoms with Crippen molar-refractivity contribution in [3.05, 3.63) is 64.1 Å². The lowest BCUT2D eigenvalue weighted by atomic mass is 9.90. The summed E-state index contributed by atoms with van der Waals surface area (Å²) in [7, 11) is 0. The van der Waals surface area contributed by atoms with Crippen molar-refractivity contribution in [3.8, 4) is 0 Å². The molecule has 0 unspecified atom stereocenters. The van der Waals surface area contributed by atoms with Gasteiger partial charge in [-0.25, -0.2) is 0 Å². The van der Waals surface area contributed by atoms with E-state index in [9.17, 15) is 9.59 Å². The Bertz CT molecular complexity index is 742. The second-order valence-electron chi connectivity index (χ2n) is 6.21. The van der Waals surface area contributed by atoms with Crippen molar-refractivity contribution in [1.82, 2.24) is 5.32 Å². The first-order valence-electron chi connectivity index (χ1n) is 7.70. The van der Waals surface area contributed by atoms with Gasteiger partial charge in [0.25, 0.3) is 0 Å². The zero-order chi connectivity index (χ0) is 17.7. The number of hydrogen-bond donors (Lipinski definition) is 2. The SMILES string of the molecule is Cc1ccc(NC(=O)C(C)(C)C(=O)NCc2ccccc2)cc1Br. The molecule has 0 fully saturated rings. The molecule has 0 bridgehead atoms. The third-order valence-electron chi connectivity index (χ3n) is 3.86. The number of aryl methyl sites for hydroxylation is 1. The molecule has 24 heavy (non-hydrogen) atoms. The first-order valence-corrected chi connectivity index (χ1v) is 8.50. The molecule has 0 aromatic heterocycles. The number of anilines is 1. The summed E-state index contributed by atoms with van der Waals surface area (Å²) in [5.41, 5.74) is 1.55. The number of halogens is 1. The Labute approximate surface area is 150 Å². The van der Waals surface area contributed by atoms with Crippen molar-refractivity contribution in [3.63, 3.8) is 0 Å². The third-order valence-corrected chi connectivity index (χ3v) is 4.72. The smallest absolute Gasteiger partial charge is 0.239 e. The number of nitrogens with one attached hydrogen (secondary N) is 2. The number of amides is 2. The quantitative estimate of drug-likeness (QED) is 0.759. The van der Waals surface area contributed by atoms with Crippen molar-refractivity contribution in [2.45, 2.75) is 27.3 Å². The van der Waals surface area contributed by atoms with Gasteiger partial charge in [-0.3, -0.25) is 9.59 Å². The van der Waals surface area contributed by atoms with Crippen LogP contribution in [0.2, 0.25) is 0 Å². The topological polar surface area (TPSA) is 58.2 Å². The van der Waals surface area contributed by atoms with Crippen LogP contribution in [0.4, 0.5) is 5.69 Å². The lowest BCUT2D eigenvalue weighted by Gasteiger charge is -2.23. The Morgan fingerprint density at radius 1 is 1.04 bits per heavy atom. The molecule has 126 valence electrons. The molecule has 4 nitrogen and oxygen atoms in total. The molecule has 5 heteroatoms. The van der Waals surface area contributed by atoms with Crippen LogP contribution in [-0.2, 0) is 16.1 Å². The lowest BCUT2D eigenvalue weighted by Crippen LogP contribution is -2.44. The maximum absolute atomic E-state index is 12.5. The fraction of sp³-hybridized carbons (Fsp3) is 0.263. The van der Waals surface area contributed by atoms with Gasteiger partial charge in [0, 0.05) is 16.7 Å². The maximum atomic E-state index is 12.5. The number of rotatable bonds is 5. The summed E-state index contributed by atoms with van der Waals surface area (Å²) in [5.74, 6) is -0.654. The molecule has 0 aliphatic carbocycles. The summed E-state index contributed by atoms with van der Waals surface area (Å²) >= 11 is 3.44. The second-order valence-corrected chi connectivity index (χ2v) is 7.07. The third kappa shape index (κ3) is 4.45. The Morgan fingerprint density at radius 3 is 2.33 bits per heavy atom. The predicted octanol–water partition coefficient (Wildman–Crippen LogP) is 4.04.